The summed E-state index contributed by atoms with van der Waals surface area (Å²) >= 11 is 0. The molecule has 0 heterocycles. The van der Waals surface area contributed by atoms with Crippen molar-refractivity contribution < 1.29 is 19.7 Å². The van der Waals surface area contributed by atoms with Gasteiger partial charge >= 0.3 is 6.16 Å². The number of carbonyl (C=O) groups excluding carboxylic acids is 1. The number of ether oxygens (including phenoxy) is 1. The van der Waals surface area contributed by atoms with Gasteiger partial charge in [-0.3, -0.25) is 4.89 Å². The third-order valence-electron chi connectivity index (χ3n) is 4.23. The molecule has 18 heavy (non-hydrogen) atoms. The predicted molar refractivity (Wildman–Crippen MR) is 71.4 cm³/mol. The zero-order chi connectivity index (χ0) is 14.2. The van der Waals surface area contributed by atoms with Crippen LogP contribution in [-0.2, 0) is 9.62 Å². The standard InChI is InChI=1S/C14H28O4/c1-6-9-10-11-14(8-3,13(4,5)7-2)17-12(15)18-16/h16H,6-11H2,1-5H3. The first kappa shape index (κ1) is 17.2. The quantitative estimate of drug-likeness (QED) is 0.295. The molecule has 0 saturated carbocycles. The molecule has 1 atom stereocenters. The molecule has 0 aliphatic heterocycles. The average Bonchev–Trinajstić information content (AvgIpc) is 2.37. The second-order valence-corrected chi connectivity index (χ2v) is 5.49. The topological polar surface area (TPSA) is 55.8 Å². The summed E-state index contributed by atoms with van der Waals surface area (Å²) in [6, 6.07) is 0. The molecular weight excluding hydrogens is 232 g/mol. The molecule has 108 valence electrons. The predicted octanol–water partition coefficient (Wildman–Crippen LogP) is 4.78. The van der Waals surface area contributed by atoms with E-state index in [2.05, 4.69) is 32.6 Å². The zero-order valence-corrected chi connectivity index (χ0v) is 12.4. The van der Waals surface area contributed by atoms with Crippen LogP contribution in [0.15, 0.2) is 0 Å². The molecule has 0 aliphatic carbocycles. The van der Waals surface area contributed by atoms with Crippen LogP contribution < -0.4 is 0 Å². The summed E-state index contributed by atoms with van der Waals surface area (Å²) < 4.78 is 5.43. The molecule has 0 amide bonds. The Labute approximate surface area is 111 Å². The van der Waals surface area contributed by atoms with E-state index in [-0.39, 0.29) is 5.41 Å². The highest BCUT2D eigenvalue weighted by Crippen LogP contribution is 2.43. The van der Waals surface area contributed by atoms with Gasteiger partial charge in [-0.2, -0.15) is 5.26 Å². The number of hydrogen-bond donors (Lipinski definition) is 1. The molecular formula is C14H28O4. The van der Waals surface area contributed by atoms with E-state index in [4.69, 9.17) is 9.99 Å². The molecule has 4 heteroatoms. The molecule has 0 rings (SSSR count). The second-order valence-electron chi connectivity index (χ2n) is 5.49. The number of unbranched alkanes of at least 4 members (excludes halogenated alkanes) is 2. The van der Waals surface area contributed by atoms with Crippen LogP contribution in [0.4, 0.5) is 4.79 Å². The Kier molecular flexibility index (Phi) is 7.29. The smallest absolute Gasteiger partial charge is 0.425 e. The van der Waals surface area contributed by atoms with Crippen LogP contribution in [0.5, 0.6) is 0 Å². The molecule has 0 saturated heterocycles. The molecule has 0 aromatic rings. The van der Waals surface area contributed by atoms with Gasteiger partial charge in [-0.05, 0) is 25.7 Å². The minimum Gasteiger partial charge on any atom is -0.425 e. The van der Waals surface area contributed by atoms with Crippen LogP contribution in [0.1, 0.15) is 73.1 Å². The van der Waals surface area contributed by atoms with E-state index in [1.54, 1.807) is 0 Å². The maximum atomic E-state index is 11.3. The van der Waals surface area contributed by atoms with Gasteiger partial charge in [0.05, 0.1) is 0 Å². The van der Waals surface area contributed by atoms with E-state index >= 15 is 0 Å². The van der Waals surface area contributed by atoms with E-state index in [1.807, 2.05) is 6.92 Å². The Morgan fingerprint density at radius 1 is 1.11 bits per heavy atom. The lowest BCUT2D eigenvalue weighted by Crippen LogP contribution is -2.48. The monoisotopic (exact) mass is 260 g/mol. The van der Waals surface area contributed by atoms with Gasteiger partial charge in [0.2, 0.25) is 0 Å². The number of rotatable bonds is 8. The van der Waals surface area contributed by atoms with Crippen molar-refractivity contribution in [1.29, 1.82) is 0 Å². The SMILES string of the molecule is CCCCCC(CC)(OC(=O)OO)C(C)(C)CC. The van der Waals surface area contributed by atoms with Crippen LogP contribution in [0, 0.1) is 5.41 Å². The van der Waals surface area contributed by atoms with Crippen LogP contribution >= 0.6 is 0 Å². The van der Waals surface area contributed by atoms with Crippen molar-refractivity contribution in [1.82, 2.24) is 0 Å². The highest BCUT2D eigenvalue weighted by molar-refractivity contribution is 5.59. The summed E-state index contributed by atoms with van der Waals surface area (Å²) in [7, 11) is 0. The van der Waals surface area contributed by atoms with E-state index in [0.717, 1.165) is 32.1 Å². The van der Waals surface area contributed by atoms with Gasteiger partial charge in [-0.25, -0.2) is 4.79 Å². The maximum Gasteiger partial charge on any atom is 0.540 e. The summed E-state index contributed by atoms with van der Waals surface area (Å²) in [6.07, 6.45) is 4.64. The zero-order valence-electron chi connectivity index (χ0n) is 12.4. The van der Waals surface area contributed by atoms with Gasteiger partial charge in [-0.15, -0.1) is 0 Å². The Balaban J connectivity index is 5.00. The normalized spacial score (nSPS) is 15.0. The Morgan fingerprint density at radius 3 is 2.11 bits per heavy atom. The largest absolute Gasteiger partial charge is 0.540 e. The first-order valence-electron chi connectivity index (χ1n) is 6.93. The lowest BCUT2D eigenvalue weighted by atomic mass is 9.68. The third-order valence-corrected chi connectivity index (χ3v) is 4.23. The summed E-state index contributed by atoms with van der Waals surface area (Å²) in [5.74, 6) is 0. The molecule has 0 aliphatic rings. The van der Waals surface area contributed by atoms with Crippen molar-refractivity contribution in [3.8, 4) is 0 Å². The fraction of sp³-hybridized carbons (Fsp3) is 0.929. The molecule has 0 bridgehead atoms. The molecule has 0 aromatic carbocycles. The highest BCUT2D eigenvalue weighted by Gasteiger charge is 2.46. The van der Waals surface area contributed by atoms with Crippen LogP contribution in [0.3, 0.4) is 0 Å². The van der Waals surface area contributed by atoms with Gasteiger partial charge in [0.1, 0.15) is 5.60 Å². The van der Waals surface area contributed by atoms with Gasteiger partial charge in [0.15, 0.2) is 0 Å². The van der Waals surface area contributed by atoms with Crippen molar-refractivity contribution in [3.05, 3.63) is 0 Å². The van der Waals surface area contributed by atoms with Crippen molar-refractivity contribution >= 4 is 6.16 Å². The van der Waals surface area contributed by atoms with Gasteiger partial charge in [-0.1, -0.05) is 47.5 Å². The summed E-state index contributed by atoms with van der Waals surface area (Å²) in [6.45, 7) is 10.4. The minimum absolute atomic E-state index is 0.149. The molecule has 4 nitrogen and oxygen atoms in total. The lowest BCUT2D eigenvalue weighted by Gasteiger charge is -2.44. The summed E-state index contributed by atoms with van der Waals surface area (Å²) in [5, 5.41) is 8.43. The van der Waals surface area contributed by atoms with Crippen LogP contribution in [-0.4, -0.2) is 17.0 Å². The van der Waals surface area contributed by atoms with E-state index in [1.165, 1.54) is 0 Å². The van der Waals surface area contributed by atoms with Gasteiger partial charge in [0.25, 0.3) is 0 Å². The third kappa shape index (κ3) is 4.16. The lowest BCUT2D eigenvalue weighted by molar-refractivity contribution is -0.225. The molecule has 1 unspecified atom stereocenters. The van der Waals surface area contributed by atoms with Crippen molar-refractivity contribution in [3.63, 3.8) is 0 Å². The minimum atomic E-state index is -1.00. The number of hydrogen-bond acceptors (Lipinski definition) is 4. The van der Waals surface area contributed by atoms with Gasteiger partial charge < -0.3 is 4.74 Å². The van der Waals surface area contributed by atoms with E-state index < -0.39 is 11.8 Å². The average molecular weight is 260 g/mol. The Bertz CT molecular complexity index is 250. The van der Waals surface area contributed by atoms with Crippen LogP contribution in [0.2, 0.25) is 0 Å². The molecule has 0 radical (unpaired) electrons. The van der Waals surface area contributed by atoms with Crippen LogP contribution in [0.25, 0.3) is 0 Å². The first-order chi connectivity index (χ1) is 8.39. The Hall–Kier alpha value is -0.770. The molecule has 1 N–H and O–H groups in total. The Morgan fingerprint density at radius 2 is 1.72 bits per heavy atom. The van der Waals surface area contributed by atoms with Gasteiger partial charge in [0, 0.05) is 5.41 Å². The van der Waals surface area contributed by atoms with Crippen molar-refractivity contribution in [2.75, 3.05) is 0 Å². The second kappa shape index (κ2) is 7.62. The molecule has 0 aromatic heterocycles. The molecule has 0 fully saturated rings. The first-order valence-corrected chi connectivity index (χ1v) is 6.93. The fourth-order valence-electron chi connectivity index (χ4n) is 2.42. The van der Waals surface area contributed by atoms with Crippen molar-refractivity contribution in [2.24, 2.45) is 5.41 Å². The summed E-state index contributed by atoms with van der Waals surface area (Å²) in [4.78, 5) is 15.0. The fourth-order valence-corrected chi connectivity index (χ4v) is 2.42. The maximum absolute atomic E-state index is 11.3. The van der Waals surface area contributed by atoms with E-state index in [9.17, 15) is 4.79 Å². The summed E-state index contributed by atoms with van der Waals surface area (Å²) in [5.41, 5.74) is -0.722. The van der Waals surface area contributed by atoms with E-state index in [0.29, 0.717) is 6.42 Å². The number of carbonyl (C=O) groups is 1. The molecule has 0 spiro atoms. The van der Waals surface area contributed by atoms with Crippen molar-refractivity contribution in [2.45, 2.75) is 78.7 Å². The highest BCUT2D eigenvalue weighted by atomic mass is 17.1.